The third-order valence-electron chi connectivity index (χ3n) is 4.00. The van der Waals surface area contributed by atoms with Crippen LogP contribution in [0.3, 0.4) is 0 Å². The number of nitrogens with one attached hydrogen (secondary N) is 2. The summed E-state index contributed by atoms with van der Waals surface area (Å²) in [6.07, 6.45) is 1.45. The van der Waals surface area contributed by atoms with Crippen LogP contribution in [0.15, 0.2) is 42.5 Å². The van der Waals surface area contributed by atoms with E-state index in [1.807, 2.05) is 63.2 Å². The van der Waals surface area contributed by atoms with Gasteiger partial charge in [0.25, 0.3) is 0 Å². The molecule has 0 radical (unpaired) electrons. The van der Waals surface area contributed by atoms with Gasteiger partial charge in [0.15, 0.2) is 0 Å². The standard InChI is InChI=1S/C20H24N2O2/c1-4-15-10-6-7-12-17(15)21-18(23)13-19(24)22-20-14(3)9-8-11-16(20)5-2/h6-12H,4-5,13H2,1-3H3,(H,21,23)(H,22,24). The Hall–Kier alpha value is -2.62. The average molecular weight is 324 g/mol. The van der Waals surface area contributed by atoms with Gasteiger partial charge in [-0.05, 0) is 42.5 Å². The highest BCUT2D eigenvalue weighted by Crippen LogP contribution is 2.21. The Kier molecular flexibility index (Phi) is 6.13. The van der Waals surface area contributed by atoms with E-state index >= 15 is 0 Å². The van der Waals surface area contributed by atoms with E-state index in [-0.39, 0.29) is 18.2 Å². The fourth-order valence-corrected chi connectivity index (χ4v) is 2.68. The number of hydrogen-bond donors (Lipinski definition) is 2. The van der Waals surface area contributed by atoms with Gasteiger partial charge in [0.05, 0.1) is 0 Å². The van der Waals surface area contributed by atoms with Gasteiger partial charge in [0, 0.05) is 11.4 Å². The maximum atomic E-state index is 12.2. The summed E-state index contributed by atoms with van der Waals surface area (Å²) in [6, 6.07) is 13.5. The first-order valence-electron chi connectivity index (χ1n) is 8.31. The monoisotopic (exact) mass is 324 g/mol. The number of amides is 2. The molecule has 0 aliphatic rings. The molecule has 0 atom stereocenters. The van der Waals surface area contributed by atoms with Crippen LogP contribution in [0.25, 0.3) is 0 Å². The molecule has 2 amide bonds. The molecule has 4 heteroatoms. The Bertz CT molecular complexity index is 738. The number of carbonyl (C=O) groups is 2. The highest BCUT2D eigenvalue weighted by molar-refractivity contribution is 6.08. The lowest BCUT2D eigenvalue weighted by Gasteiger charge is -2.13. The van der Waals surface area contributed by atoms with Crippen LogP contribution >= 0.6 is 0 Å². The molecule has 2 N–H and O–H groups in total. The SMILES string of the molecule is CCc1ccccc1NC(=O)CC(=O)Nc1c(C)cccc1CC. The minimum Gasteiger partial charge on any atom is -0.325 e. The number of anilines is 2. The van der Waals surface area contributed by atoms with E-state index in [4.69, 9.17) is 0 Å². The van der Waals surface area contributed by atoms with E-state index in [9.17, 15) is 9.59 Å². The summed E-state index contributed by atoms with van der Waals surface area (Å²) in [6.45, 7) is 6.02. The Morgan fingerprint density at radius 1 is 0.833 bits per heavy atom. The molecule has 0 unspecified atom stereocenters. The van der Waals surface area contributed by atoms with Crippen molar-refractivity contribution in [3.05, 3.63) is 59.2 Å². The quantitative estimate of drug-likeness (QED) is 0.786. The van der Waals surface area contributed by atoms with E-state index in [0.717, 1.165) is 40.9 Å². The van der Waals surface area contributed by atoms with Crippen LogP contribution in [0, 0.1) is 6.92 Å². The smallest absolute Gasteiger partial charge is 0.233 e. The van der Waals surface area contributed by atoms with Crippen LogP contribution in [0.5, 0.6) is 0 Å². The molecule has 0 aliphatic carbocycles. The second kappa shape index (κ2) is 8.29. The van der Waals surface area contributed by atoms with Gasteiger partial charge >= 0.3 is 0 Å². The summed E-state index contributed by atoms with van der Waals surface area (Å²) in [4.78, 5) is 24.4. The molecule has 0 aromatic heterocycles. The third kappa shape index (κ3) is 4.44. The van der Waals surface area contributed by atoms with Crippen LogP contribution < -0.4 is 10.6 Å². The normalized spacial score (nSPS) is 10.3. The first-order valence-corrected chi connectivity index (χ1v) is 8.31. The molecule has 0 heterocycles. The van der Waals surface area contributed by atoms with Crippen molar-refractivity contribution in [1.29, 1.82) is 0 Å². The maximum absolute atomic E-state index is 12.2. The number of carbonyl (C=O) groups excluding carboxylic acids is 2. The van der Waals surface area contributed by atoms with Gasteiger partial charge in [-0.25, -0.2) is 0 Å². The van der Waals surface area contributed by atoms with Crippen molar-refractivity contribution in [2.24, 2.45) is 0 Å². The van der Waals surface area contributed by atoms with Gasteiger partial charge < -0.3 is 10.6 Å². The van der Waals surface area contributed by atoms with Crippen molar-refractivity contribution < 1.29 is 9.59 Å². The topological polar surface area (TPSA) is 58.2 Å². The minimum absolute atomic E-state index is 0.199. The zero-order chi connectivity index (χ0) is 17.5. The molecule has 0 saturated heterocycles. The molecule has 0 spiro atoms. The average Bonchev–Trinajstić information content (AvgIpc) is 2.57. The first-order chi connectivity index (χ1) is 11.5. The third-order valence-corrected chi connectivity index (χ3v) is 4.00. The number of aryl methyl sites for hydroxylation is 3. The maximum Gasteiger partial charge on any atom is 0.233 e. The fraction of sp³-hybridized carbons (Fsp3) is 0.300. The summed E-state index contributed by atoms with van der Waals surface area (Å²) in [5, 5.41) is 5.70. The minimum atomic E-state index is -0.306. The van der Waals surface area contributed by atoms with E-state index in [1.165, 1.54) is 0 Å². The lowest BCUT2D eigenvalue weighted by atomic mass is 10.1. The van der Waals surface area contributed by atoms with E-state index in [1.54, 1.807) is 0 Å². The van der Waals surface area contributed by atoms with E-state index in [2.05, 4.69) is 10.6 Å². The zero-order valence-electron chi connectivity index (χ0n) is 14.5. The van der Waals surface area contributed by atoms with Crippen molar-refractivity contribution in [3.8, 4) is 0 Å². The predicted octanol–water partition coefficient (Wildman–Crippen LogP) is 4.09. The van der Waals surface area contributed by atoms with Crippen molar-refractivity contribution in [3.63, 3.8) is 0 Å². The number of hydrogen-bond acceptors (Lipinski definition) is 2. The second-order valence-corrected chi connectivity index (χ2v) is 5.75. The molecule has 0 aliphatic heterocycles. The lowest BCUT2D eigenvalue weighted by Crippen LogP contribution is -2.22. The number of benzene rings is 2. The molecule has 2 aromatic rings. The van der Waals surface area contributed by atoms with Crippen molar-refractivity contribution in [1.82, 2.24) is 0 Å². The summed E-state index contributed by atoms with van der Waals surface area (Å²) in [5.74, 6) is -0.606. The van der Waals surface area contributed by atoms with Gasteiger partial charge in [-0.2, -0.15) is 0 Å². The summed E-state index contributed by atoms with van der Waals surface area (Å²) in [7, 11) is 0. The molecular formula is C20H24N2O2. The van der Waals surface area contributed by atoms with Crippen molar-refractivity contribution in [2.45, 2.75) is 40.0 Å². The molecule has 0 saturated carbocycles. The first kappa shape index (κ1) is 17.7. The van der Waals surface area contributed by atoms with Crippen LogP contribution in [0.4, 0.5) is 11.4 Å². The van der Waals surface area contributed by atoms with E-state index in [0.29, 0.717) is 0 Å². The molecule has 0 fully saturated rings. The molecule has 2 rings (SSSR count). The van der Waals surface area contributed by atoms with E-state index < -0.39 is 0 Å². The fourth-order valence-electron chi connectivity index (χ4n) is 2.68. The number of rotatable bonds is 6. The zero-order valence-corrected chi connectivity index (χ0v) is 14.5. The summed E-state index contributed by atoms with van der Waals surface area (Å²) >= 11 is 0. The van der Waals surface area contributed by atoms with Gasteiger partial charge in [-0.15, -0.1) is 0 Å². The molecule has 2 aromatic carbocycles. The van der Waals surface area contributed by atoms with Crippen molar-refractivity contribution in [2.75, 3.05) is 10.6 Å². The largest absolute Gasteiger partial charge is 0.325 e. The van der Waals surface area contributed by atoms with Gasteiger partial charge in [-0.3, -0.25) is 9.59 Å². The second-order valence-electron chi connectivity index (χ2n) is 5.75. The Labute approximate surface area is 143 Å². The number of para-hydroxylation sites is 2. The van der Waals surface area contributed by atoms with Crippen LogP contribution in [0.1, 0.15) is 37.0 Å². The van der Waals surface area contributed by atoms with Crippen LogP contribution in [0.2, 0.25) is 0 Å². The molecular weight excluding hydrogens is 300 g/mol. The molecule has 4 nitrogen and oxygen atoms in total. The Morgan fingerprint density at radius 2 is 1.46 bits per heavy atom. The Balaban J connectivity index is 2.01. The molecule has 0 bridgehead atoms. The van der Waals surface area contributed by atoms with Crippen LogP contribution in [-0.2, 0) is 22.4 Å². The highest BCUT2D eigenvalue weighted by atomic mass is 16.2. The highest BCUT2D eigenvalue weighted by Gasteiger charge is 2.13. The van der Waals surface area contributed by atoms with Crippen LogP contribution in [-0.4, -0.2) is 11.8 Å². The molecule has 126 valence electrons. The summed E-state index contributed by atoms with van der Waals surface area (Å²) in [5.41, 5.74) is 4.70. The Morgan fingerprint density at radius 3 is 2.17 bits per heavy atom. The predicted molar refractivity (Wildman–Crippen MR) is 98.3 cm³/mol. The van der Waals surface area contributed by atoms with Gasteiger partial charge in [-0.1, -0.05) is 50.2 Å². The van der Waals surface area contributed by atoms with Gasteiger partial charge in [0.1, 0.15) is 6.42 Å². The lowest BCUT2D eigenvalue weighted by molar-refractivity contribution is -0.123. The summed E-state index contributed by atoms with van der Waals surface area (Å²) < 4.78 is 0. The van der Waals surface area contributed by atoms with Gasteiger partial charge in [0.2, 0.25) is 11.8 Å². The van der Waals surface area contributed by atoms with Crippen molar-refractivity contribution >= 4 is 23.2 Å². The molecule has 24 heavy (non-hydrogen) atoms.